The van der Waals surface area contributed by atoms with Gasteiger partial charge in [-0.15, -0.1) is 0 Å². The number of halogens is 1. The fourth-order valence-electron chi connectivity index (χ4n) is 6.96. The smallest absolute Gasteiger partial charge is 0.335 e. The van der Waals surface area contributed by atoms with Gasteiger partial charge in [-0.2, -0.15) is 0 Å². The second kappa shape index (κ2) is 18.3. The zero-order chi connectivity index (χ0) is 42.4. The molecule has 1 aliphatic heterocycles. The summed E-state index contributed by atoms with van der Waals surface area (Å²) < 4.78 is 44.0. The second-order valence-electron chi connectivity index (χ2n) is 15.6. The van der Waals surface area contributed by atoms with Crippen LogP contribution in [0, 0.1) is 5.41 Å². The zero-order valence-electron chi connectivity index (χ0n) is 33.1. The van der Waals surface area contributed by atoms with Gasteiger partial charge in [0.15, 0.2) is 15.4 Å². The number of nitrogens with one attached hydrogen (secondary N) is 1. The van der Waals surface area contributed by atoms with Crippen molar-refractivity contribution < 1.29 is 52.6 Å². The number of piperidine rings is 1. The number of aliphatic hydroxyl groups is 2. The first-order valence-corrected chi connectivity index (χ1v) is 21.2. The molecule has 0 spiro atoms. The van der Waals surface area contributed by atoms with Crippen LogP contribution in [0.15, 0.2) is 84.0 Å². The Kier molecular flexibility index (Phi) is 14.1. The number of benzene rings is 2. The Morgan fingerprint density at radius 3 is 2.38 bits per heavy atom. The van der Waals surface area contributed by atoms with Gasteiger partial charge in [0.2, 0.25) is 0 Å². The molecule has 0 radical (unpaired) electrons. The van der Waals surface area contributed by atoms with Crippen LogP contribution in [0.4, 0.5) is 0 Å². The molecule has 2 heterocycles. The maximum Gasteiger partial charge on any atom is 0.335 e. The first-order chi connectivity index (χ1) is 27.3. The van der Waals surface area contributed by atoms with E-state index in [-0.39, 0.29) is 54.0 Å². The van der Waals surface area contributed by atoms with E-state index in [9.17, 15) is 38.4 Å². The van der Waals surface area contributed by atoms with Gasteiger partial charge in [0.25, 0.3) is 0 Å². The fourth-order valence-corrected chi connectivity index (χ4v) is 7.82. The molecular weight excluding hydrogens is 790 g/mol. The molecule has 1 saturated heterocycles. The lowest BCUT2D eigenvalue weighted by Crippen LogP contribution is -2.52. The molecule has 0 amide bonds. The third kappa shape index (κ3) is 10.3. The Labute approximate surface area is 344 Å². The number of carbonyl (C=O) groups is 2. The van der Waals surface area contributed by atoms with E-state index in [2.05, 4.69) is 35.1 Å². The molecule has 5 N–H and O–H groups in total. The van der Waals surface area contributed by atoms with Crippen molar-refractivity contribution in [1.29, 1.82) is 0 Å². The number of hydrogen-bond donors (Lipinski definition) is 5. The lowest BCUT2D eigenvalue weighted by Gasteiger charge is -2.47. The number of nitrogens with zero attached hydrogens (tertiary/aromatic N) is 2. The molecule has 1 aliphatic carbocycles. The number of carboxylic acids is 2. The maximum absolute atomic E-state index is 12.2. The highest BCUT2D eigenvalue weighted by molar-refractivity contribution is 7.90. The molecule has 16 heteroatoms. The van der Waals surface area contributed by atoms with E-state index in [1.165, 1.54) is 25.4 Å². The average molecular weight is 842 g/mol. The molecule has 314 valence electrons. The van der Waals surface area contributed by atoms with E-state index in [1.807, 2.05) is 42.5 Å². The summed E-state index contributed by atoms with van der Waals surface area (Å²) in [4.78, 5) is 29.7. The van der Waals surface area contributed by atoms with Crippen molar-refractivity contribution >= 4 is 38.9 Å². The van der Waals surface area contributed by atoms with Gasteiger partial charge in [-0.05, 0) is 55.5 Å². The molecule has 0 bridgehead atoms. The summed E-state index contributed by atoms with van der Waals surface area (Å²) in [5.74, 6) is -1.95. The SMILES string of the molecule is CC(CO)(NCc1cc(Cl)c(OC[C@]2(OCCCN3CCC(O)(C(=O)O)CC3)C=CC=C(c3ccccc3)C2(C)C)cc1OCc1cncc(S(C)(=O)=O)c1)C(=O)O. The normalized spacial score (nSPS) is 20.2. The van der Waals surface area contributed by atoms with Gasteiger partial charge in [-0.3, -0.25) is 15.1 Å². The molecule has 5 rings (SSSR count). The van der Waals surface area contributed by atoms with Crippen molar-refractivity contribution in [3.63, 3.8) is 0 Å². The standard InChI is InChI=1S/C42H52ClN3O11S/c1-39(2)33(30-10-6-5-7-11-30)12-8-13-42(39,57-19-9-16-46-17-14-41(52,15-18-46)38(50)51)28-56-36-22-35(55-26-29-20-32(25-44-23-29)58(4,53)54)31(21-34(36)43)24-45-40(3,27-47)37(48)49/h5-8,10-13,20-23,25,45,47,52H,9,14-19,24,26-28H2,1-4H3,(H,48,49)(H,50,51)/t40?,42-/m1/s1. The van der Waals surface area contributed by atoms with Crippen LogP contribution in [0.25, 0.3) is 5.57 Å². The Morgan fingerprint density at radius 2 is 1.74 bits per heavy atom. The Hall–Kier alpha value is -4.35. The number of hydrogen-bond acceptors (Lipinski definition) is 12. The van der Waals surface area contributed by atoms with Crippen molar-refractivity contribution in [2.24, 2.45) is 5.41 Å². The van der Waals surface area contributed by atoms with Gasteiger partial charge < -0.3 is 39.5 Å². The summed E-state index contributed by atoms with van der Waals surface area (Å²) in [5.41, 5.74) is -2.09. The number of aromatic nitrogens is 1. The average Bonchev–Trinajstić information content (AvgIpc) is 3.19. The predicted octanol–water partition coefficient (Wildman–Crippen LogP) is 4.76. The van der Waals surface area contributed by atoms with Gasteiger partial charge in [0, 0.05) is 74.0 Å². The summed E-state index contributed by atoms with van der Waals surface area (Å²) in [6.07, 6.45) is 10.7. The van der Waals surface area contributed by atoms with Crippen molar-refractivity contribution in [3.8, 4) is 11.5 Å². The lowest BCUT2D eigenvalue weighted by atomic mass is 9.65. The molecule has 1 aromatic heterocycles. The van der Waals surface area contributed by atoms with Crippen molar-refractivity contribution in [1.82, 2.24) is 15.2 Å². The summed E-state index contributed by atoms with van der Waals surface area (Å²) in [6, 6.07) is 14.6. The van der Waals surface area contributed by atoms with Crippen molar-refractivity contribution in [3.05, 3.63) is 101 Å². The van der Waals surface area contributed by atoms with E-state index < -0.39 is 50.5 Å². The van der Waals surface area contributed by atoms with E-state index in [1.54, 1.807) is 12.1 Å². The number of allylic oxidation sites excluding steroid dienone is 2. The molecule has 2 aliphatic rings. The van der Waals surface area contributed by atoms with Gasteiger partial charge in [0.1, 0.15) is 35.9 Å². The number of pyridine rings is 1. The number of aliphatic hydroxyl groups excluding tert-OH is 1. The molecular formula is C42H52ClN3O11S. The molecule has 58 heavy (non-hydrogen) atoms. The predicted molar refractivity (Wildman–Crippen MR) is 217 cm³/mol. The van der Waals surface area contributed by atoms with Gasteiger partial charge >= 0.3 is 11.9 Å². The van der Waals surface area contributed by atoms with Gasteiger partial charge in [-0.25, -0.2) is 13.2 Å². The molecule has 1 fully saturated rings. The quantitative estimate of drug-likeness (QED) is 0.103. The molecule has 3 aromatic rings. The van der Waals surface area contributed by atoms with Crippen molar-refractivity contribution in [2.75, 3.05) is 45.7 Å². The summed E-state index contributed by atoms with van der Waals surface area (Å²) in [7, 11) is -3.54. The minimum atomic E-state index is -3.54. The van der Waals surface area contributed by atoms with Gasteiger partial charge in [0.05, 0.1) is 16.5 Å². The Balaban J connectivity index is 1.41. The third-order valence-electron chi connectivity index (χ3n) is 11.1. The molecule has 1 unspecified atom stereocenters. The minimum Gasteiger partial charge on any atom is -0.488 e. The highest BCUT2D eigenvalue weighted by atomic mass is 35.5. The molecule has 2 atom stereocenters. The van der Waals surface area contributed by atoms with Crippen LogP contribution in [0.1, 0.15) is 56.7 Å². The topological polar surface area (TPSA) is 205 Å². The monoisotopic (exact) mass is 841 g/mol. The number of sulfone groups is 1. The summed E-state index contributed by atoms with van der Waals surface area (Å²) in [5, 5.41) is 42.4. The Morgan fingerprint density at radius 1 is 1.03 bits per heavy atom. The number of carboxylic acid groups (broad SMARTS) is 2. The minimum absolute atomic E-state index is 0.00864. The van der Waals surface area contributed by atoms with Crippen LogP contribution < -0.4 is 14.8 Å². The third-order valence-corrected chi connectivity index (χ3v) is 12.5. The van der Waals surface area contributed by atoms with Crippen LogP contribution in [-0.4, -0.2) is 113 Å². The van der Waals surface area contributed by atoms with E-state index in [0.29, 0.717) is 43.8 Å². The van der Waals surface area contributed by atoms with Crippen LogP contribution in [0.5, 0.6) is 11.5 Å². The summed E-state index contributed by atoms with van der Waals surface area (Å²) in [6.45, 7) is 6.55. The second-order valence-corrected chi connectivity index (χ2v) is 18.0. The fraction of sp³-hybridized carbons (Fsp3) is 0.452. The zero-order valence-corrected chi connectivity index (χ0v) is 34.7. The van der Waals surface area contributed by atoms with E-state index >= 15 is 0 Å². The molecule has 0 saturated carbocycles. The number of likely N-dealkylation sites (tertiary alicyclic amines) is 1. The molecule has 2 aromatic carbocycles. The number of rotatable bonds is 19. The van der Waals surface area contributed by atoms with Crippen LogP contribution in [0.3, 0.4) is 0 Å². The number of aliphatic carboxylic acids is 2. The summed E-state index contributed by atoms with van der Waals surface area (Å²) >= 11 is 6.87. The Bertz CT molecular complexity index is 2120. The van der Waals surface area contributed by atoms with Gasteiger partial charge in [-0.1, -0.05) is 67.9 Å². The lowest BCUT2D eigenvalue weighted by molar-refractivity contribution is -0.163. The van der Waals surface area contributed by atoms with Crippen molar-refractivity contribution in [2.45, 2.75) is 74.8 Å². The molecule has 14 nitrogen and oxygen atoms in total. The number of ether oxygens (including phenoxy) is 3. The van der Waals surface area contributed by atoms with Crippen LogP contribution in [-0.2, 0) is 37.3 Å². The van der Waals surface area contributed by atoms with Crippen LogP contribution >= 0.6 is 11.6 Å². The van der Waals surface area contributed by atoms with Crippen LogP contribution in [0.2, 0.25) is 5.02 Å². The largest absolute Gasteiger partial charge is 0.488 e. The first-order valence-electron chi connectivity index (χ1n) is 18.9. The first kappa shape index (κ1) is 44.7. The highest BCUT2D eigenvalue weighted by Gasteiger charge is 2.49. The maximum atomic E-state index is 12.2. The van der Waals surface area contributed by atoms with E-state index in [0.717, 1.165) is 17.4 Å². The highest BCUT2D eigenvalue weighted by Crippen LogP contribution is 2.49. The van der Waals surface area contributed by atoms with E-state index in [4.69, 9.17) is 25.8 Å².